The summed E-state index contributed by atoms with van der Waals surface area (Å²) in [6.07, 6.45) is 4.74. The van der Waals surface area contributed by atoms with E-state index in [1.54, 1.807) is 32.4 Å². The molecular formula is C20H26N4O4. The zero-order valence-corrected chi connectivity index (χ0v) is 16.5. The number of carbonyl (C=O) groups is 1. The molecule has 1 aromatic heterocycles. The van der Waals surface area contributed by atoms with Crippen molar-refractivity contribution in [2.75, 3.05) is 46.3 Å². The Hall–Kier alpha value is -2.87. The predicted molar refractivity (Wildman–Crippen MR) is 105 cm³/mol. The number of carbonyl (C=O) groups excluding carboxylic acids is 1. The molecule has 0 saturated carbocycles. The molecule has 3 rings (SSSR count). The topological polar surface area (TPSA) is 85.8 Å². The summed E-state index contributed by atoms with van der Waals surface area (Å²) in [6.45, 7) is 2.56. The molecule has 0 spiro atoms. The lowest BCUT2D eigenvalue weighted by Gasteiger charge is -2.29. The van der Waals surface area contributed by atoms with Crippen LogP contribution in [0.1, 0.15) is 28.0 Å². The highest BCUT2D eigenvalue weighted by Crippen LogP contribution is 2.33. The van der Waals surface area contributed by atoms with Crippen LogP contribution in [0.5, 0.6) is 11.5 Å². The maximum atomic E-state index is 12.8. The number of benzene rings is 1. The fourth-order valence-corrected chi connectivity index (χ4v) is 3.18. The smallest absolute Gasteiger partial charge is 0.274 e. The Morgan fingerprint density at radius 2 is 1.86 bits per heavy atom. The van der Waals surface area contributed by atoms with Crippen molar-refractivity contribution in [3.8, 4) is 11.5 Å². The molecule has 8 nitrogen and oxygen atoms in total. The first-order chi connectivity index (χ1) is 13.7. The molecule has 0 radical (unpaired) electrons. The van der Waals surface area contributed by atoms with E-state index >= 15 is 0 Å². The molecule has 28 heavy (non-hydrogen) atoms. The van der Waals surface area contributed by atoms with Crippen molar-refractivity contribution in [1.82, 2.24) is 14.9 Å². The molecule has 1 amide bonds. The average molecular weight is 386 g/mol. The second-order valence-corrected chi connectivity index (χ2v) is 6.51. The summed E-state index contributed by atoms with van der Waals surface area (Å²) in [4.78, 5) is 23.2. The Morgan fingerprint density at radius 1 is 1.11 bits per heavy atom. The van der Waals surface area contributed by atoms with Crippen LogP contribution in [0, 0.1) is 0 Å². The van der Waals surface area contributed by atoms with Crippen LogP contribution in [-0.4, -0.2) is 61.8 Å². The summed E-state index contributed by atoms with van der Waals surface area (Å²) in [6, 6.07) is 3.92. The molecule has 0 saturated heterocycles. The number of nitrogens with one attached hydrogen (secondary N) is 1. The minimum Gasteiger partial charge on any atom is -0.493 e. The van der Waals surface area contributed by atoms with Crippen molar-refractivity contribution in [1.29, 1.82) is 0 Å². The van der Waals surface area contributed by atoms with Crippen molar-refractivity contribution >= 4 is 11.7 Å². The van der Waals surface area contributed by atoms with Crippen LogP contribution in [0.15, 0.2) is 24.5 Å². The number of hydrogen-bond donors (Lipinski definition) is 1. The van der Waals surface area contributed by atoms with E-state index in [0.717, 1.165) is 24.9 Å². The van der Waals surface area contributed by atoms with E-state index in [1.165, 1.54) is 11.8 Å². The third kappa shape index (κ3) is 4.51. The van der Waals surface area contributed by atoms with E-state index in [2.05, 4.69) is 15.3 Å². The molecular weight excluding hydrogens is 360 g/mol. The first kappa shape index (κ1) is 19.9. The zero-order chi connectivity index (χ0) is 19.9. The second kappa shape index (κ2) is 9.36. The number of fused-ring (bicyclic) bond motifs is 1. The van der Waals surface area contributed by atoms with Gasteiger partial charge in [0, 0.05) is 33.4 Å². The summed E-state index contributed by atoms with van der Waals surface area (Å²) in [5, 5.41) is 3.16. The Kier molecular flexibility index (Phi) is 6.65. The number of hydrogen-bond acceptors (Lipinski definition) is 7. The molecule has 0 fully saturated rings. The summed E-state index contributed by atoms with van der Waals surface area (Å²) in [7, 11) is 4.90. The summed E-state index contributed by atoms with van der Waals surface area (Å²) >= 11 is 0. The number of rotatable bonds is 8. The first-order valence-electron chi connectivity index (χ1n) is 9.24. The van der Waals surface area contributed by atoms with E-state index < -0.39 is 0 Å². The van der Waals surface area contributed by atoms with Crippen LogP contribution < -0.4 is 14.8 Å². The van der Waals surface area contributed by atoms with Crippen LogP contribution in [0.2, 0.25) is 0 Å². The Labute approximate surface area is 164 Å². The lowest BCUT2D eigenvalue weighted by Crippen LogP contribution is -2.36. The summed E-state index contributed by atoms with van der Waals surface area (Å²) < 4.78 is 15.7. The Balaban J connectivity index is 1.65. The van der Waals surface area contributed by atoms with Crippen LogP contribution in [0.4, 0.5) is 5.82 Å². The third-order valence-electron chi connectivity index (χ3n) is 4.71. The molecule has 1 aliphatic rings. The fourth-order valence-electron chi connectivity index (χ4n) is 3.18. The molecule has 1 aromatic carbocycles. The predicted octanol–water partition coefficient (Wildman–Crippen LogP) is 2.14. The van der Waals surface area contributed by atoms with Gasteiger partial charge in [-0.05, 0) is 36.1 Å². The van der Waals surface area contributed by atoms with Gasteiger partial charge in [0.1, 0.15) is 11.5 Å². The number of amides is 1. The van der Waals surface area contributed by atoms with Crippen molar-refractivity contribution < 1.29 is 19.0 Å². The van der Waals surface area contributed by atoms with E-state index in [-0.39, 0.29) is 5.91 Å². The van der Waals surface area contributed by atoms with E-state index in [4.69, 9.17) is 14.2 Å². The van der Waals surface area contributed by atoms with Gasteiger partial charge in [0.15, 0.2) is 11.5 Å². The van der Waals surface area contributed by atoms with Gasteiger partial charge in [-0.1, -0.05) is 0 Å². The normalized spacial score (nSPS) is 13.0. The van der Waals surface area contributed by atoms with E-state index in [1.807, 2.05) is 12.1 Å². The molecule has 2 aromatic rings. The summed E-state index contributed by atoms with van der Waals surface area (Å²) in [5.41, 5.74) is 2.57. The highest BCUT2D eigenvalue weighted by atomic mass is 16.5. The zero-order valence-electron chi connectivity index (χ0n) is 16.5. The van der Waals surface area contributed by atoms with Gasteiger partial charge in [0.05, 0.1) is 26.6 Å². The fraction of sp³-hybridized carbons (Fsp3) is 0.450. The van der Waals surface area contributed by atoms with Crippen molar-refractivity contribution in [2.45, 2.75) is 19.4 Å². The number of aromatic nitrogens is 2. The molecule has 8 heteroatoms. The van der Waals surface area contributed by atoms with Gasteiger partial charge >= 0.3 is 0 Å². The first-order valence-corrected chi connectivity index (χ1v) is 9.24. The molecule has 2 heterocycles. The molecule has 1 aliphatic heterocycles. The Morgan fingerprint density at radius 3 is 2.50 bits per heavy atom. The molecule has 0 atom stereocenters. The van der Waals surface area contributed by atoms with Crippen molar-refractivity contribution in [3.63, 3.8) is 0 Å². The van der Waals surface area contributed by atoms with Gasteiger partial charge < -0.3 is 24.4 Å². The van der Waals surface area contributed by atoms with Gasteiger partial charge in [0.25, 0.3) is 5.91 Å². The number of anilines is 1. The maximum absolute atomic E-state index is 12.8. The number of ether oxygens (including phenoxy) is 3. The van der Waals surface area contributed by atoms with Gasteiger partial charge in [-0.15, -0.1) is 0 Å². The van der Waals surface area contributed by atoms with E-state index in [9.17, 15) is 4.79 Å². The van der Waals surface area contributed by atoms with Crippen LogP contribution in [-0.2, 0) is 17.7 Å². The third-order valence-corrected chi connectivity index (χ3v) is 4.71. The van der Waals surface area contributed by atoms with Crippen LogP contribution in [0.3, 0.4) is 0 Å². The van der Waals surface area contributed by atoms with Crippen molar-refractivity contribution in [3.05, 3.63) is 41.3 Å². The maximum Gasteiger partial charge on any atom is 0.274 e. The molecule has 0 unspecified atom stereocenters. The highest BCUT2D eigenvalue weighted by Gasteiger charge is 2.24. The quantitative estimate of drug-likeness (QED) is 0.696. The van der Waals surface area contributed by atoms with Crippen LogP contribution in [0.25, 0.3) is 0 Å². The SMILES string of the molecule is COCCCNc1cnc(C(=O)N2CCc3cc(OC)c(OC)cc3C2)cn1. The minimum absolute atomic E-state index is 0.126. The number of nitrogens with zero attached hydrogens (tertiary/aromatic N) is 3. The lowest BCUT2D eigenvalue weighted by atomic mass is 9.98. The second-order valence-electron chi connectivity index (χ2n) is 6.51. The van der Waals surface area contributed by atoms with Gasteiger partial charge in [-0.3, -0.25) is 4.79 Å². The average Bonchev–Trinajstić information content (AvgIpc) is 2.75. The Bertz CT molecular complexity index is 811. The van der Waals surface area contributed by atoms with Gasteiger partial charge in [-0.25, -0.2) is 9.97 Å². The number of methoxy groups -OCH3 is 3. The van der Waals surface area contributed by atoms with Crippen molar-refractivity contribution in [2.24, 2.45) is 0 Å². The lowest BCUT2D eigenvalue weighted by molar-refractivity contribution is 0.0728. The van der Waals surface area contributed by atoms with Gasteiger partial charge in [0.2, 0.25) is 0 Å². The standard InChI is InChI=1S/C20H26N4O4/c1-26-8-4-6-21-19-12-22-16(11-23-19)20(25)24-7-5-14-9-17(27-2)18(28-3)10-15(14)13-24/h9-12H,4-8,13H2,1-3H3,(H,21,23). The molecule has 150 valence electrons. The minimum atomic E-state index is -0.126. The van der Waals surface area contributed by atoms with Gasteiger partial charge in [-0.2, -0.15) is 0 Å². The molecule has 0 bridgehead atoms. The highest BCUT2D eigenvalue weighted by molar-refractivity contribution is 5.92. The largest absolute Gasteiger partial charge is 0.493 e. The monoisotopic (exact) mass is 386 g/mol. The van der Waals surface area contributed by atoms with E-state index in [0.29, 0.717) is 42.7 Å². The summed E-state index contributed by atoms with van der Waals surface area (Å²) in [5.74, 6) is 1.90. The molecule has 1 N–H and O–H groups in total. The van der Waals surface area contributed by atoms with Crippen LogP contribution >= 0.6 is 0 Å². The molecule has 0 aliphatic carbocycles.